The number of aromatic nitrogens is 2. The molecule has 0 aliphatic carbocycles. The van der Waals surface area contributed by atoms with Gasteiger partial charge in [0.25, 0.3) is 0 Å². The molecule has 0 spiro atoms. The Hall–Kier alpha value is -2.86. The number of nitrogens with one attached hydrogen (secondary N) is 1. The summed E-state index contributed by atoms with van der Waals surface area (Å²) >= 11 is 5.87. The van der Waals surface area contributed by atoms with Gasteiger partial charge in [0, 0.05) is 18.0 Å². The van der Waals surface area contributed by atoms with Crippen LogP contribution in [0.25, 0.3) is 11.0 Å². The fourth-order valence-electron chi connectivity index (χ4n) is 3.58. The van der Waals surface area contributed by atoms with Gasteiger partial charge in [0.05, 0.1) is 23.6 Å². The van der Waals surface area contributed by atoms with E-state index in [2.05, 4.69) is 5.32 Å². The quantitative estimate of drug-likeness (QED) is 0.335. The van der Waals surface area contributed by atoms with Gasteiger partial charge in [-0.2, -0.15) is 0 Å². The molecule has 0 aliphatic rings. The summed E-state index contributed by atoms with van der Waals surface area (Å²) in [7, 11) is 0. The first-order valence-corrected chi connectivity index (χ1v) is 11.4. The minimum atomic E-state index is -0.257. The van der Waals surface area contributed by atoms with Gasteiger partial charge >= 0.3 is 5.97 Å². The fraction of sp³-hybridized carbons (Fsp3) is 0.400. The smallest absolute Gasteiger partial charge is 0.326 e. The topological polar surface area (TPSA) is 73.2 Å². The third-order valence-corrected chi connectivity index (χ3v) is 5.32. The van der Waals surface area contributed by atoms with Crippen LogP contribution in [-0.4, -0.2) is 34.1 Å². The first kappa shape index (κ1) is 23.8. The van der Waals surface area contributed by atoms with Crippen molar-refractivity contribution in [3.8, 4) is 0 Å². The zero-order valence-corrected chi connectivity index (χ0v) is 19.4. The average molecular weight is 456 g/mol. The van der Waals surface area contributed by atoms with Gasteiger partial charge in [0.2, 0.25) is 5.91 Å². The van der Waals surface area contributed by atoms with Crippen LogP contribution in [-0.2, 0) is 33.7 Å². The van der Waals surface area contributed by atoms with Gasteiger partial charge in [0.15, 0.2) is 0 Å². The molecule has 2 aromatic carbocycles. The van der Waals surface area contributed by atoms with E-state index in [1.54, 1.807) is 12.1 Å². The van der Waals surface area contributed by atoms with Crippen LogP contribution < -0.4 is 5.32 Å². The number of fused-ring (bicyclic) bond motifs is 1. The Bertz CT molecular complexity index is 1040. The van der Waals surface area contributed by atoms with Crippen LogP contribution in [0.4, 0.5) is 0 Å². The second-order valence-corrected chi connectivity index (χ2v) is 8.54. The summed E-state index contributed by atoms with van der Waals surface area (Å²) in [5.74, 6) is 0.643. The zero-order valence-electron chi connectivity index (χ0n) is 18.6. The van der Waals surface area contributed by atoms with Crippen molar-refractivity contribution in [2.75, 3.05) is 6.54 Å². The Morgan fingerprint density at radius 3 is 2.56 bits per heavy atom. The van der Waals surface area contributed by atoms with Crippen molar-refractivity contribution in [2.24, 2.45) is 0 Å². The Morgan fingerprint density at radius 2 is 1.81 bits per heavy atom. The lowest BCUT2D eigenvalue weighted by Gasteiger charge is -2.11. The highest BCUT2D eigenvalue weighted by atomic mass is 35.5. The largest absolute Gasteiger partial charge is 0.462 e. The summed E-state index contributed by atoms with van der Waals surface area (Å²) in [6.45, 7) is 4.50. The predicted molar refractivity (Wildman–Crippen MR) is 127 cm³/mol. The molecule has 6 nitrogen and oxygen atoms in total. The molecule has 32 heavy (non-hydrogen) atoms. The van der Waals surface area contributed by atoms with E-state index in [-0.39, 0.29) is 24.5 Å². The summed E-state index contributed by atoms with van der Waals surface area (Å²) in [5.41, 5.74) is 2.77. The van der Waals surface area contributed by atoms with Crippen LogP contribution in [0.3, 0.4) is 0 Å². The van der Waals surface area contributed by atoms with Gasteiger partial charge < -0.3 is 14.6 Å². The molecule has 1 N–H and O–H groups in total. The Kier molecular flexibility index (Phi) is 8.68. The van der Waals surface area contributed by atoms with Crippen molar-refractivity contribution in [3.63, 3.8) is 0 Å². The molecule has 3 aromatic rings. The van der Waals surface area contributed by atoms with Crippen LogP contribution in [0.5, 0.6) is 0 Å². The number of hydrogen-bond acceptors (Lipinski definition) is 4. The molecule has 0 atom stereocenters. The molecule has 0 saturated carbocycles. The Morgan fingerprint density at radius 1 is 1.06 bits per heavy atom. The highest BCUT2D eigenvalue weighted by molar-refractivity contribution is 6.30. The van der Waals surface area contributed by atoms with Crippen LogP contribution in [0.2, 0.25) is 5.02 Å². The summed E-state index contributed by atoms with van der Waals surface area (Å²) in [6, 6.07) is 15.1. The first-order valence-electron chi connectivity index (χ1n) is 11.1. The molecule has 1 amide bonds. The van der Waals surface area contributed by atoms with Gasteiger partial charge in [-0.3, -0.25) is 9.59 Å². The number of amides is 1. The van der Waals surface area contributed by atoms with E-state index in [0.717, 1.165) is 48.1 Å². The third-order valence-electron chi connectivity index (χ3n) is 5.07. The van der Waals surface area contributed by atoms with Crippen molar-refractivity contribution in [2.45, 2.75) is 58.6 Å². The van der Waals surface area contributed by atoms with E-state index in [9.17, 15) is 9.59 Å². The van der Waals surface area contributed by atoms with Crippen molar-refractivity contribution >= 4 is 34.5 Å². The highest BCUT2D eigenvalue weighted by Crippen LogP contribution is 2.18. The Labute approximate surface area is 193 Å². The van der Waals surface area contributed by atoms with Gasteiger partial charge in [-0.15, -0.1) is 0 Å². The van der Waals surface area contributed by atoms with Crippen LogP contribution >= 0.6 is 11.6 Å². The number of carbonyl (C=O) groups excluding carboxylic acids is 2. The summed E-state index contributed by atoms with van der Waals surface area (Å²) < 4.78 is 7.27. The lowest BCUT2D eigenvalue weighted by molar-refractivity contribution is -0.148. The summed E-state index contributed by atoms with van der Waals surface area (Å²) in [6.07, 6.45) is 3.75. The van der Waals surface area contributed by atoms with Gasteiger partial charge in [0.1, 0.15) is 12.4 Å². The fourth-order valence-corrected chi connectivity index (χ4v) is 3.71. The van der Waals surface area contributed by atoms with Gasteiger partial charge in [-0.05, 0) is 56.5 Å². The van der Waals surface area contributed by atoms with Crippen molar-refractivity contribution < 1.29 is 14.3 Å². The van der Waals surface area contributed by atoms with E-state index in [4.69, 9.17) is 21.3 Å². The number of imidazole rings is 1. The molecule has 0 fully saturated rings. The second kappa shape index (κ2) is 11.7. The van der Waals surface area contributed by atoms with E-state index < -0.39 is 0 Å². The number of hydrogen-bond donors (Lipinski definition) is 1. The van der Waals surface area contributed by atoms with E-state index in [0.29, 0.717) is 18.0 Å². The molecule has 170 valence electrons. The number of carbonyl (C=O) groups is 2. The standard InChI is InChI=1S/C25H30ClN3O3/c1-18(2)32-25(31)17-29-22-9-6-5-8-21(22)28-23(29)10-4-3-7-15-27-24(30)16-19-11-13-20(26)14-12-19/h5-6,8-9,11-14,18H,3-4,7,10,15-17H2,1-2H3,(H,27,30). The number of unbranched alkanes of at least 4 members (excludes halogenated alkanes) is 2. The molecule has 0 radical (unpaired) electrons. The molecule has 0 bridgehead atoms. The zero-order chi connectivity index (χ0) is 22.9. The van der Waals surface area contributed by atoms with Crippen LogP contribution in [0.1, 0.15) is 44.5 Å². The maximum absolute atomic E-state index is 12.2. The number of rotatable bonds is 11. The Balaban J connectivity index is 1.45. The monoisotopic (exact) mass is 455 g/mol. The molecule has 3 rings (SSSR count). The lowest BCUT2D eigenvalue weighted by Crippen LogP contribution is -2.26. The SMILES string of the molecule is CC(C)OC(=O)Cn1c(CCCCCNC(=O)Cc2ccc(Cl)cc2)nc2ccccc21. The van der Waals surface area contributed by atoms with Crippen LogP contribution in [0.15, 0.2) is 48.5 Å². The second-order valence-electron chi connectivity index (χ2n) is 8.11. The molecule has 0 unspecified atom stereocenters. The van der Waals surface area contributed by atoms with Crippen molar-refractivity contribution in [3.05, 3.63) is 64.9 Å². The molecule has 0 aliphatic heterocycles. The average Bonchev–Trinajstić information content (AvgIpc) is 3.09. The molecular formula is C25H30ClN3O3. The number of halogens is 1. The van der Waals surface area contributed by atoms with E-state index in [1.165, 1.54) is 0 Å². The molecule has 1 heterocycles. The molecular weight excluding hydrogens is 426 g/mol. The number of para-hydroxylation sites is 2. The highest BCUT2D eigenvalue weighted by Gasteiger charge is 2.15. The lowest BCUT2D eigenvalue weighted by atomic mass is 10.1. The number of aryl methyl sites for hydroxylation is 1. The maximum atomic E-state index is 12.2. The minimum Gasteiger partial charge on any atom is -0.462 e. The normalized spacial score (nSPS) is 11.1. The van der Waals surface area contributed by atoms with Gasteiger partial charge in [-0.1, -0.05) is 42.3 Å². The number of ether oxygens (including phenoxy) is 1. The van der Waals surface area contributed by atoms with E-state index >= 15 is 0 Å². The first-order chi connectivity index (χ1) is 15.4. The van der Waals surface area contributed by atoms with Crippen molar-refractivity contribution in [1.29, 1.82) is 0 Å². The van der Waals surface area contributed by atoms with E-state index in [1.807, 2.05) is 54.8 Å². The predicted octanol–water partition coefficient (Wildman–Crippen LogP) is 4.71. The maximum Gasteiger partial charge on any atom is 0.326 e. The van der Waals surface area contributed by atoms with Crippen LogP contribution in [0, 0.1) is 0 Å². The molecule has 0 saturated heterocycles. The number of esters is 1. The molecule has 1 aromatic heterocycles. The van der Waals surface area contributed by atoms with Gasteiger partial charge in [-0.25, -0.2) is 4.98 Å². The number of benzene rings is 2. The third kappa shape index (κ3) is 7.09. The molecule has 7 heteroatoms. The minimum absolute atomic E-state index is 0.0118. The number of nitrogens with zero attached hydrogens (tertiary/aromatic N) is 2. The summed E-state index contributed by atoms with van der Waals surface area (Å²) in [5, 5.41) is 3.63. The summed E-state index contributed by atoms with van der Waals surface area (Å²) in [4.78, 5) is 29.0. The van der Waals surface area contributed by atoms with Crippen molar-refractivity contribution in [1.82, 2.24) is 14.9 Å².